The lowest BCUT2D eigenvalue weighted by molar-refractivity contribution is 0.0329. The Hall–Kier alpha value is -1.30. The molecule has 5 nitrogen and oxygen atoms in total. The fourth-order valence-corrected chi connectivity index (χ4v) is 3.07. The SMILES string of the molecule is CC(CN1CCOCC1)n1c(N)nc2cccc(Cl)c21. The van der Waals surface area contributed by atoms with Crippen LogP contribution in [0.15, 0.2) is 18.2 Å². The summed E-state index contributed by atoms with van der Waals surface area (Å²) in [6, 6.07) is 5.94. The highest BCUT2D eigenvalue weighted by atomic mass is 35.5. The van der Waals surface area contributed by atoms with E-state index in [1.807, 2.05) is 22.8 Å². The molecule has 6 heteroatoms. The molecule has 0 saturated carbocycles. The minimum absolute atomic E-state index is 0.220. The molecule has 0 aliphatic carbocycles. The Morgan fingerprint density at radius 2 is 2.15 bits per heavy atom. The number of benzene rings is 1. The number of hydrogen-bond donors (Lipinski definition) is 1. The highest BCUT2D eigenvalue weighted by molar-refractivity contribution is 6.35. The van der Waals surface area contributed by atoms with Crippen molar-refractivity contribution < 1.29 is 4.74 Å². The lowest BCUT2D eigenvalue weighted by atomic mass is 10.2. The summed E-state index contributed by atoms with van der Waals surface area (Å²) in [4.78, 5) is 6.79. The first-order valence-electron chi connectivity index (χ1n) is 6.89. The van der Waals surface area contributed by atoms with Crippen molar-refractivity contribution in [2.75, 3.05) is 38.6 Å². The quantitative estimate of drug-likeness (QED) is 0.942. The zero-order valence-electron chi connectivity index (χ0n) is 11.6. The van der Waals surface area contributed by atoms with Gasteiger partial charge in [-0.05, 0) is 19.1 Å². The molecule has 1 fully saturated rings. The molecular formula is C14H19ClN4O. The molecule has 0 amide bonds. The first-order valence-corrected chi connectivity index (χ1v) is 7.26. The third-order valence-corrected chi connectivity index (χ3v) is 4.06. The summed E-state index contributed by atoms with van der Waals surface area (Å²) >= 11 is 6.31. The molecule has 20 heavy (non-hydrogen) atoms. The maximum Gasteiger partial charge on any atom is 0.201 e. The van der Waals surface area contributed by atoms with E-state index in [0.717, 1.165) is 43.9 Å². The summed E-state index contributed by atoms with van der Waals surface area (Å²) < 4.78 is 7.41. The molecule has 0 spiro atoms. The number of rotatable bonds is 3. The van der Waals surface area contributed by atoms with Crippen molar-refractivity contribution in [1.82, 2.24) is 14.5 Å². The molecule has 1 aromatic heterocycles. The summed E-state index contributed by atoms with van der Waals surface area (Å²) in [5.74, 6) is 0.522. The average molecular weight is 295 g/mol. The molecule has 3 rings (SSSR count). The van der Waals surface area contributed by atoms with Crippen LogP contribution in [0.4, 0.5) is 5.95 Å². The lowest BCUT2D eigenvalue weighted by Crippen LogP contribution is -2.39. The highest BCUT2D eigenvalue weighted by Crippen LogP contribution is 2.29. The molecule has 1 saturated heterocycles. The van der Waals surface area contributed by atoms with Crippen LogP contribution in [0.1, 0.15) is 13.0 Å². The number of nitrogens with zero attached hydrogens (tertiary/aromatic N) is 3. The van der Waals surface area contributed by atoms with Crippen LogP contribution in [0.2, 0.25) is 5.02 Å². The third kappa shape index (κ3) is 2.49. The van der Waals surface area contributed by atoms with E-state index in [2.05, 4.69) is 16.8 Å². The van der Waals surface area contributed by atoms with Gasteiger partial charge < -0.3 is 15.0 Å². The van der Waals surface area contributed by atoms with E-state index in [4.69, 9.17) is 22.1 Å². The van der Waals surface area contributed by atoms with Gasteiger partial charge in [0.25, 0.3) is 0 Å². The Morgan fingerprint density at radius 3 is 2.90 bits per heavy atom. The first-order chi connectivity index (χ1) is 9.66. The van der Waals surface area contributed by atoms with Crippen LogP contribution in [0.5, 0.6) is 0 Å². The van der Waals surface area contributed by atoms with Gasteiger partial charge in [-0.15, -0.1) is 0 Å². The Kier molecular flexibility index (Phi) is 3.83. The van der Waals surface area contributed by atoms with Crippen molar-refractivity contribution in [3.63, 3.8) is 0 Å². The fraction of sp³-hybridized carbons (Fsp3) is 0.500. The Morgan fingerprint density at radius 1 is 1.40 bits per heavy atom. The number of ether oxygens (including phenoxy) is 1. The molecule has 2 aromatic rings. The minimum Gasteiger partial charge on any atom is -0.379 e. The fourth-order valence-electron chi connectivity index (χ4n) is 2.81. The van der Waals surface area contributed by atoms with Crippen molar-refractivity contribution >= 4 is 28.6 Å². The number of fused-ring (bicyclic) bond motifs is 1. The van der Waals surface area contributed by atoms with Gasteiger partial charge >= 0.3 is 0 Å². The molecule has 1 atom stereocenters. The topological polar surface area (TPSA) is 56.3 Å². The van der Waals surface area contributed by atoms with Gasteiger partial charge in [-0.25, -0.2) is 4.98 Å². The first kappa shape index (κ1) is 13.7. The number of nitrogen functional groups attached to an aromatic ring is 1. The number of aromatic nitrogens is 2. The van der Waals surface area contributed by atoms with Crippen molar-refractivity contribution in [3.8, 4) is 0 Å². The van der Waals surface area contributed by atoms with Crippen LogP contribution in [-0.4, -0.2) is 47.3 Å². The van der Waals surface area contributed by atoms with Crippen LogP contribution in [0, 0.1) is 0 Å². The van der Waals surface area contributed by atoms with Crippen LogP contribution < -0.4 is 5.73 Å². The number of halogens is 1. The van der Waals surface area contributed by atoms with Crippen molar-refractivity contribution in [1.29, 1.82) is 0 Å². The largest absolute Gasteiger partial charge is 0.379 e. The second-order valence-electron chi connectivity index (χ2n) is 5.21. The molecule has 0 bridgehead atoms. The zero-order chi connectivity index (χ0) is 14.1. The van der Waals surface area contributed by atoms with Gasteiger partial charge in [-0.1, -0.05) is 17.7 Å². The molecule has 1 unspecified atom stereocenters. The summed E-state index contributed by atoms with van der Waals surface area (Å²) in [5.41, 5.74) is 7.85. The van der Waals surface area contributed by atoms with Gasteiger partial charge in [0.1, 0.15) is 0 Å². The normalized spacial score (nSPS) is 18.5. The van der Waals surface area contributed by atoms with Crippen LogP contribution >= 0.6 is 11.6 Å². The monoisotopic (exact) mass is 294 g/mol. The summed E-state index contributed by atoms with van der Waals surface area (Å²) in [6.45, 7) is 6.59. The predicted octanol–water partition coefficient (Wildman–Crippen LogP) is 2.17. The van der Waals surface area contributed by atoms with Gasteiger partial charge in [0, 0.05) is 25.7 Å². The second-order valence-corrected chi connectivity index (χ2v) is 5.62. The molecule has 108 valence electrons. The highest BCUT2D eigenvalue weighted by Gasteiger charge is 2.19. The van der Waals surface area contributed by atoms with Crippen molar-refractivity contribution in [3.05, 3.63) is 23.2 Å². The standard InChI is InChI=1S/C14H19ClN4O/c1-10(9-18-5-7-20-8-6-18)19-13-11(15)3-2-4-12(13)17-14(19)16/h2-4,10H,5-9H2,1H3,(H2,16,17). The molecule has 1 aromatic carbocycles. The molecule has 1 aliphatic rings. The zero-order valence-corrected chi connectivity index (χ0v) is 12.3. The van der Waals surface area contributed by atoms with E-state index in [0.29, 0.717) is 11.0 Å². The average Bonchev–Trinajstić information content (AvgIpc) is 2.77. The second kappa shape index (κ2) is 5.60. The Bertz CT molecular complexity index is 606. The Labute approximate surface area is 123 Å². The molecule has 2 heterocycles. The number of anilines is 1. The van der Waals surface area contributed by atoms with Crippen LogP contribution in [0.3, 0.4) is 0 Å². The van der Waals surface area contributed by atoms with E-state index >= 15 is 0 Å². The van der Waals surface area contributed by atoms with Gasteiger partial charge in [0.15, 0.2) is 0 Å². The maximum atomic E-state index is 6.31. The van der Waals surface area contributed by atoms with Crippen molar-refractivity contribution in [2.24, 2.45) is 0 Å². The van der Waals surface area contributed by atoms with Gasteiger partial charge in [-0.2, -0.15) is 0 Å². The van der Waals surface area contributed by atoms with Crippen molar-refractivity contribution in [2.45, 2.75) is 13.0 Å². The predicted molar refractivity (Wildman–Crippen MR) is 81.1 cm³/mol. The van der Waals surface area contributed by atoms with Gasteiger partial charge in [-0.3, -0.25) is 4.90 Å². The lowest BCUT2D eigenvalue weighted by Gasteiger charge is -2.30. The van der Waals surface area contributed by atoms with Gasteiger partial charge in [0.05, 0.1) is 29.3 Å². The molecule has 1 aliphatic heterocycles. The number of para-hydroxylation sites is 1. The third-order valence-electron chi connectivity index (χ3n) is 3.76. The van der Waals surface area contributed by atoms with E-state index in [-0.39, 0.29) is 6.04 Å². The van der Waals surface area contributed by atoms with E-state index in [1.165, 1.54) is 0 Å². The van der Waals surface area contributed by atoms with E-state index < -0.39 is 0 Å². The number of imidazole rings is 1. The number of hydrogen-bond acceptors (Lipinski definition) is 4. The minimum atomic E-state index is 0.220. The Balaban J connectivity index is 1.90. The molecule has 2 N–H and O–H groups in total. The number of nitrogens with two attached hydrogens (primary N) is 1. The summed E-state index contributed by atoms with van der Waals surface area (Å²) in [6.07, 6.45) is 0. The molecular weight excluding hydrogens is 276 g/mol. The van der Waals surface area contributed by atoms with Crippen LogP contribution in [-0.2, 0) is 4.74 Å². The van der Waals surface area contributed by atoms with E-state index in [1.54, 1.807) is 0 Å². The van der Waals surface area contributed by atoms with E-state index in [9.17, 15) is 0 Å². The van der Waals surface area contributed by atoms with Gasteiger partial charge in [0.2, 0.25) is 5.95 Å². The molecule has 0 radical (unpaired) electrons. The summed E-state index contributed by atoms with van der Waals surface area (Å²) in [5, 5.41) is 0.695. The smallest absolute Gasteiger partial charge is 0.201 e. The number of morpholine rings is 1. The van der Waals surface area contributed by atoms with Crippen LogP contribution in [0.25, 0.3) is 11.0 Å². The maximum absolute atomic E-state index is 6.31. The summed E-state index contributed by atoms with van der Waals surface area (Å²) in [7, 11) is 0.